The molecule has 0 saturated carbocycles. The highest BCUT2D eigenvalue weighted by Crippen LogP contribution is 2.23. The Hall–Kier alpha value is -4.41. The number of hydrogen-bond acceptors (Lipinski definition) is 8. The van der Waals surface area contributed by atoms with E-state index in [1.165, 1.54) is 7.05 Å². The van der Waals surface area contributed by atoms with Gasteiger partial charge in [0.2, 0.25) is 10.0 Å². The topological polar surface area (TPSA) is 117 Å². The average Bonchev–Trinajstić information content (AvgIpc) is 2.96. The first-order valence-electron chi connectivity index (χ1n) is 12.4. The molecule has 0 spiro atoms. The molecule has 0 saturated heterocycles. The number of hydrazone groups is 1. The number of anilines is 4. The quantitative estimate of drug-likeness (QED) is 0.142. The van der Waals surface area contributed by atoms with Crippen LogP contribution in [0.2, 0.25) is 0 Å². The molecule has 9 nitrogen and oxygen atoms in total. The summed E-state index contributed by atoms with van der Waals surface area (Å²) in [5, 5.41) is 11.3. The van der Waals surface area contributed by atoms with E-state index in [2.05, 4.69) is 31.9 Å². The van der Waals surface area contributed by atoms with Crippen LogP contribution in [0.25, 0.3) is 0 Å². The summed E-state index contributed by atoms with van der Waals surface area (Å²) in [4.78, 5) is 4.92. The van der Waals surface area contributed by atoms with Gasteiger partial charge in [-0.1, -0.05) is 42.5 Å². The second kappa shape index (κ2) is 12.9. The van der Waals surface area contributed by atoms with E-state index in [9.17, 15) is 8.42 Å². The molecule has 0 atom stereocenters. The number of aromatic nitrogens is 1. The van der Waals surface area contributed by atoms with Crippen molar-refractivity contribution < 1.29 is 13.2 Å². The summed E-state index contributed by atoms with van der Waals surface area (Å²) in [5.41, 5.74) is 7.42. The summed E-state index contributed by atoms with van der Waals surface area (Å²) in [5.74, 6) is 2.18. The lowest BCUT2D eigenvalue weighted by Crippen LogP contribution is -2.18. The molecule has 0 aliphatic heterocycles. The van der Waals surface area contributed by atoms with Gasteiger partial charge in [0.05, 0.1) is 23.4 Å². The van der Waals surface area contributed by atoms with Crippen molar-refractivity contribution in [3.05, 3.63) is 102 Å². The molecule has 0 unspecified atom stereocenters. The van der Waals surface area contributed by atoms with Crippen molar-refractivity contribution in [1.82, 2.24) is 9.71 Å². The molecule has 3 aromatic carbocycles. The van der Waals surface area contributed by atoms with Crippen molar-refractivity contribution in [2.75, 3.05) is 36.8 Å². The van der Waals surface area contributed by atoms with Crippen LogP contribution in [-0.4, -0.2) is 39.8 Å². The van der Waals surface area contributed by atoms with Crippen molar-refractivity contribution in [1.29, 1.82) is 0 Å². The van der Waals surface area contributed by atoms with E-state index in [0.717, 1.165) is 34.7 Å². The van der Waals surface area contributed by atoms with Crippen LogP contribution in [-0.2, 0) is 16.4 Å². The number of benzene rings is 3. The fourth-order valence-electron chi connectivity index (χ4n) is 3.79. The van der Waals surface area contributed by atoms with Crippen LogP contribution in [0.4, 0.5) is 23.0 Å². The van der Waals surface area contributed by atoms with Crippen LogP contribution in [0.15, 0.2) is 101 Å². The van der Waals surface area contributed by atoms with Gasteiger partial charge in [0.15, 0.2) is 0 Å². The second-order valence-corrected chi connectivity index (χ2v) is 10.6. The SMILES string of the molecule is CNS(=O)(=O)c1ccc(C(C)=NNc2cc(NCCc3cccc(OC)c3)nc(Nc3ccccc3)c2)cc1. The van der Waals surface area contributed by atoms with Crippen molar-refractivity contribution in [3.8, 4) is 5.75 Å². The Labute approximate surface area is 229 Å². The summed E-state index contributed by atoms with van der Waals surface area (Å²) in [7, 11) is -0.445. The molecule has 0 fully saturated rings. The molecule has 202 valence electrons. The van der Waals surface area contributed by atoms with Crippen LogP contribution in [0.3, 0.4) is 0 Å². The van der Waals surface area contributed by atoms with Gasteiger partial charge in [0.25, 0.3) is 0 Å². The van der Waals surface area contributed by atoms with Crippen LogP contribution in [0.5, 0.6) is 5.75 Å². The molecule has 0 aliphatic carbocycles. The van der Waals surface area contributed by atoms with Gasteiger partial charge >= 0.3 is 0 Å². The van der Waals surface area contributed by atoms with Crippen LogP contribution >= 0.6 is 0 Å². The largest absolute Gasteiger partial charge is 0.497 e. The number of para-hydroxylation sites is 1. The average molecular weight is 545 g/mol. The van der Waals surface area contributed by atoms with E-state index in [4.69, 9.17) is 9.72 Å². The fraction of sp³-hybridized carbons (Fsp3) is 0.172. The normalized spacial score (nSPS) is 11.6. The Morgan fingerprint density at radius 2 is 1.64 bits per heavy atom. The number of methoxy groups -OCH3 is 1. The minimum atomic E-state index is -3.49. The number of pyridine rings is 1. The number of nitrogens with zero attached hydrogens (tertiary/aromatic N) is 2. The Morgan fingerprint density at radius 3 is 2.36 bits per heavy atom. The van der Waals surface area contributed by atoms with Gasteiger partial charge in [-0.3, -0.25) is 5.43 Å². The van der Waals surface area contributed by atoms with E-state index in [-0.39, 0.29) is 4.90 Å². The summed E-state index contributed by atoms with van der Waals surface area (Å²) >= 11 is 0. The van der Waals surface area contributed by atoms with Crippen molar-refractivity contribution in [3.63, 3.8) is 0 Å². The fourth-order valence-corrected chi connectivity index (χ4v) is 4.52. The van der Waals surface area contributed by atoms with Crippen LogP contribution < -0.4 is 25.5 Å². The molecule has 0 bridgehead atoms. The molecule has 1 heterocycles. The van der Waals surface area contributed by atoms with Crippen molar-refractivity contribution in [2.45, 2.75) is 18.2 Å². The molecule has 0 aliphatic rings. The smallest absolute Gasteiger partial charge is 0.240 e. The summed E-state index contributed by atoms with van der Waals surface area (Å²) in [6.07, 6.45) is 0.800. The third kappa shape index (κ3) is 7.79. The first-order chi connectivity index (χ1) is 18.9. The molecule has 4 N–H and O–H groups in total. The standard InChI is InChI=1S/C29H32N6O3S/c1-21(23-12-14-27(15-13-23)39(36,37)30-2)34-35-25-19-28(31-17-16-22-8-7-11-26(18-22)38-3)33-29(20-25)32-24-9-5-4-6-10-24/h4-15,18-20,30H,16-17H2,1-3H3,(H3,31,32,33,35). The van der Waals surface area contributed by atoms with Gasteiger partial charge < -0.3 is 15.4 Å². The molecular formula is C29H32N6O3S. The van der Waals surface area contributed by atoms with E-state index in [1.54, 1.807) is 31.4 Å². The maximum Gasteiger partial charge on any atom is 0.240 e. The predicted octanol–water partition coefficient (Wildman–Crippen LogP) is 5.23. The zero-order chi connectivity index (χ0) is 27.7. The van der Waals surface area contributed by atoms with Gasteiger partial charge in [-0.15, -0.1) is 0 Å². The van der Waals surface area contributed by atoms with Gasteiger partial charge in [0.1, 0.15) is 17.4 Å². The van der Waals surface area contributed by atoms with E-state index >= 15 is 0 Å². The number of rotatable bonds is 12. The van der Waals surface area contributed by atoms with E-state index < -0.39 is 10.0 Å². The van der Waals surface area contributed by atoms with Gasteiger partial charge in [0, 0.05) is 24.4 Å². The highest BCUT2D eigenvalue weighted by Gasteiger charge is 2.11. The Morgan fingerprint density at radius 1 is 0.897 bits per heavy atom. The van der Waals surface area contributed by atoms with Gasteiger partial charge in [-0.25, -0.2) is 18.1 Å². The molecule has 39 heavy (non-hydrogen) atoms. The maximum absolute atomic E-state index is 12.0. The highest BCUT2D eigenvalue weighted by atomic mass is 32.2. The number of sulfonamides is 1. The van der Waals surface area contributed by atoms with Gasteiger partial charge in [-0.05, 0) is 67.9 Å². The van der Waals surface area contributed by atoms with Crippen molar-refractivity contribution >= 4 is 38.7 Å². The molecule has 10 heteroatoms. The van der Waals surface area contributed by atoms with Crippen LogP contribution in [0, 0.1) is 0 Å². The zero-order valence-corrected chi connectivity index (χ0v) is 22.9. The minimum Gasteiger partial charge on any atom is -0.497 e. The summed E-state index contributed by atoms with van der Waals surface area (Å²) < 4.78 is 31.6. The van der Waals surface area contributed by atoms with E-state index in [1.807, 2.05) is 67.6 Å². The molecule has 4 aromatic rings. The lowest BCUT2D eigenvalue weighted by atomic mass is 10.1. The Kier molecular flexibility index (Phi) is 9.14. The Bertz CT molecular complexity index is 1520. The number of nitrogens with one attached hydrogen (secondary N) is 4. The van der Waals surface area contributed by atoms with Crippen molar-refractivity contribution in [2.24, 2.45) is 5.10 Å². The number of ether oxygens (including phenoxy) is 1. The maximum atomic E-state index is 12.0. The predicted molar refractivity (Wildman–Crippen MR) is 158 cm³/mol. The minimum absolute atomic E-state index is 0.199. The zero-order valence-electron chi connectivity index (χ0n) is 22.1. The second-order valence-electron chi connectivity index (χ2n) is 8.69. The van der Waals surface area contributed by atoms with Gasteiger partial charge in [-0.2, -0.15) is 5.10 Å². The lowest BCUT2D eigenvalue weighted by molar-refractivity contribution is 0.414. The monoisotopic (exact) mass is 544 g/mol. The first kappa shape index (κ1) is 27.6. The Balaban J connectivity index is 1.51. The molecule has 0 amide bonds. The lowest BCUT2D eigenvalue weighted by Gasteiger charge is -2.13. The molecule has 4 rings (SSSR count). The third-order valence-electron chi connectivity index (χ3n) is 5.93. The highest BCUT2D eigenvalue weighted by molar-refractivity contribution is 7.89. The van der Waals surface area contributed by atoms with E-state index in [0.29, 0.717) is 23.9 Å². The number of hydrogen-bond donors (Lipinski definition) is 4. The molecular weight excluding hydrogens is 512 g/mol. The first-order valence-corrected chi connectivity index (χ1v) is 13.9. The third-order valence-corrected chi connectivity index (χ3v) is 7.36. The molecule has 1 aromatic heterocycles. The molecule has 0 radical (unpaired) electrons. The summed E-state index contributed by atoms with van der Waals surface area (Å²) in [6, 6.07) is 28.1. The van der Waals surface area contributed by atoms with Crippen LogP contribution in [0.1, 0.15) is 18.1 Å². The summed E-state index contributed by atoms with van der Waals surface area (Å²) in [6.45, 7) is 2.53.